The standard InChI is InChI=1S/C20H22FN5O2/c1-3-16(20(7-8-20)26-19(27)28)24-18-15(21)10-13(11-22)17(25-18)23-14-6-4-5-12(2)9-14/h4-6,9-10,16,26H,3,7-8H2,1-2H3,(H,27,28)(H2,23,24,25). The number of hydrogen-bond acceptors (Lipinski definition) is 5. The topological polar surface area (TPSA) is 110 Å². The van der Waals surface area contributed by atoms with Gasteiger partial charge in [-0.05, 0) is 49.9 Å². The molecule has 1 amide bonds. The van der Waals surface area contributed by atoms with Gasteiger partial charge in [0.25, 0.3) is 0 Å². The molecule has 1 unspecified atom stereocenters. The highest BCUT2D eigenvalue weighted by atomic mass is 19.1. The maximum atomic E-state index is 14.5. The van der Waals surface area contributed by atoms with E-state index >= 15 is 0 Å². The number of amides is 1. The van der Waals surface area contributed by atoms with Crippen LogP contribution in [0.5, 0.6) is 0 Å². The summed E-state index contributed by atoms with van der Waals surface area (Å²) in [4.78, 5) is 15.4. The van der Waals surface area contributed by atoms with Crippen molar-refractivity contribution < 1.29 is 14.3 Å². The van der Waals surface area contributed by atoms with E-state index in [1.807, 2.05) is 44.2 Å². The van der Waals surface area contributed by atoms with E-state index in [9.17, 15) is 14.4 Å². The number of anilines is 3. The lowest BCUT2D eigenvalue weighted by molar-refractivity contribution is 0.186. The van der Waals surface area contributed by atoms with Crippen LogP contribution in [0.4, 0.5) is 26.5 Å². The lowest BCUT2D eigenvalue weighted by atomic mass is 10.0. The monoisotopic (exact) mass is 383 g/mol. The Hall–Kier alpha value is -3.34. The molecule has 1 aliphatic rings. The van der Waals surface area contributed by atoms with Crippen LogP contribution in [-0.2, 0) is 0 Å². The van der Waals surface area contributed by atoms with Crippen LogP contribution in [0, 0.1) is 24.1 Å². The first kappa shape index (κ1) is 19.4. The van der Waals surface area contributed by atoms with Crippen molar-refractivity contribution in [2.75, 3.05) is 10.6 Å². The summed E-state index contributed by atoms with van der Waals surface area (Å²) in [5, 5.41) is 27.1. The van der Waals surface area contributed by atoms with Gasteiger partial charge in [-0.15, -0.1) is 0 Å². The van der Waals surface area contributed by atoms with E-state index in [0.29, 0.717) is 19.3 Å². The summed E-state index contributed by atoms with van der Waals surface area (Å²) >= 11 is 0. The summed E-state index contributed by atoms with van der Waals surface area (Å²) in [7, 11) is 0. The van der Waals surface area contributed by atoms with E-state index in [2.05, 4.69) is 20.9 Å². The predicted molar refractivity (Wildman–Crippen MR) is 104 cm³/mol. The number of rotatable bonds is 7. The third kappa shape index (κ3) is 4.14. The molecule has 2 aromatic rings. The molecule has 4 N–H and O–H groups in total. The zero-order valence-electron chi connectivity index (χ0n) is 15.7. The van der Waals surface area contributed by atoms with Gasteiger partial charge in [0.15, 0.2) is 17.5 Å². The number of halogens is 1. The van der Waals surface area contributed by atoms with E-state index < -0.39 is 17.4 Å². The molecule has 146 valence electrons. The molecule has 1 aromatic heterocycles. The predicted octanol–water partition coefficient (Wildman–Crippen LogP) is 4.14. The summed E-state index contributed by atoms with van der Waals surface area (Å²) in [6.45, 7) is 3.84. The zero-order chi connectivity index (χ0) is 20.3. The molecule has 8 heteroatoms. The second-order valence-electron chi connectivity index (χ2n) is 7.01. The minimum Gasteiger partial charge on any atom is -0.465 e. The number of aryl methyl sites for hydroxylation is 1. The van der Waals surface area contributed by atoms with Gasteiger partial charge in [0.1, 0.15) is 6.07 Å². The van der Waals surface area contributed by atoms with Crippen molar-refractivity contribution >= 4 is 23.4 Å². The lowest BCUT2D eigenvalue weighted by Crippen LogP contribution is -2.48. The second kappa shape index (κ2) is 7.72. The maximum absolute atomic E-state index is 14.5. The van der Waals surface area contributed by atoms with Gasteiger partial charge in [-0.3, -0.25) is 0 Å². The third-order valence-electron chi connectivity index (χ3n) is 4.91. The van der Waals surface area contributed by atoms with Crippen molar-refractivity contribution in [3.05, 3.63) is 47.3 Å². The number of benzene rings is 1. The maximum Gasteiger partial charge on any atom is 0.405 e. The minimum absolute atomic E-state index is 0.0144. The van der Waals surface area contributed by atoms with E-state index in [1.54, 1.807) is 0 Å². The van der Waals surface area contributed by atoms with Gasteiger partial charge in [-0.2, -0.15) is 5.26 Å². The molecular weight excluding hydrogens is 361 g/mol. The van der Waals surface area contributed by atoms with Crippen molar-refractivity contribution in [3.63, 3.8) is 0 Å². The Kier molecular flexibility index (Phi) is 5.36. The highest BCUT2D eigenvalue weighted by Gasteiger charge is 2.50. The largest absolute Gasteiger partial charge is 0.465 e. The molecule has 1 fully saturated rings. The van der Waals surface area contributed by atoms with Gasteiger partial charge in [-0.1, -0.05) is 19.1 Å². The Morgan fingerprint density at radius 2 is 2.14 bits per heavy atom. The van der Waals surface area contributed by atoms with Crippen molar-refractivity contribution in [2.45, 2.75) is 44.7 Å². The van der Waals surface area contributed by atoms with E-state index in [4.69, 9.17) is 5.11 Å². The van der Waals surface area contributed by atoms with Crippen LogP contribution >= 0.6 is 0 Å². The SMILES string of the molecule is CCC(Nc1nc(Nc2cccc(C)c2)c(C#N)cc1F)C1(NC(=O)O)CC1. The van der Waals surface area contributed by atoms with Crippen LogP contribution in [0.3, 0.4) is 0 Å². The fourth-order valence-electron chi connectivity index (χ4n) is 3.33. The number of aromatic nitrogens is 1. The minimum atomic E-state index is -1.10. The Labute approximate surface area is 162 Å². The molecule has 1 saturated carbocycles. The van der Waals surface area contributed by atoms with Crippen molar-refractivity contribution in [1.29, 1.82) is 5.26 Å². The number of carboxylic acid groups (broad SMARTS) is 1. The molecule has 0 bridgehead atoms. The van der Waals surface area contributed by atoms with E-state index in [0.717, 1.165) is 17.3 Å². The van der Waals surface area contributed by atoms with Gasteiger partial charge in [0, 0.05) is 5.69 Å². The van der Waals surface area contributed by atoms with Gasteiger partial charge < -0.3 is 21.1 Å². The first-order valence-corrected chi connectivity index (χ1v) is 9.09. The first-order chi connectivity index (χ1) is 13.4. The summed E-state index contributed by atoms with van der Waals surface area (Å²) in [5.74, 6) is -0.432. The van der Waals surface area contributed by atoms with E-state index in [1.165, 1.54) is 0 Å². The molecule has 0 aliphatic heterocycles. The number of nitriles is 1. The number of carbonyl (C=O) groups is 1. The Morgan fingerprint density at radius 1 is 1.39 bits per heavy atom. The van der Waals surface area contributed by atoms with E-state index in [-0.39, 0.29) is 23.2 Å². The van der Waals surface area contributed by atoms with Crippen LogP contribution in [0.25, 0.3) is 0 Å². The lowest BCUT2D eigenvalue weighted by Gasteiger charge is -2.27. The van der Waals surface area contributed by atoms with Crippen molar-refractivity contribution in [2.24, 2.45) is 0 Å². The average Bonchev–Trinajstić information content (AvgIpc) is 3.41. The molecular formula is C20H22FN5O2. The fourth-order valence-corrected chi connectivity index (χ4v) is 3.33. The van der Waals surface area contributed by atoms with Gasteiger partial charge in [-0.25, -0.2) is 14.2 Å². The molecule has 3 rings (SSSR count). The summed E-state index contributed by atoms with van der Waals surface area (Å²) in [5.41, 5.74) is 1.24. The smallest absolute Gasteiger partial charge is 0.405 e. The average molecular weight is 383 g/mol. The van der Waals surface area contributed by atoms with Gasteiger partial charge in [0.2, 0.25) is 0 Å². The Morgan fingerprint density at radius 3 is 2.71 bits per heavy atom. The van der Waals surface area contributed by atoms with Gasteiger partial charge >= 0.3 is 6.09 Å². The molecule has 0 radical (unpaired) electrons. The molecule has 1 atom stereocenters. The zero-order valence-corrected chi connectivity index (χ0v) is 15.7. The second-order valence-corrected chi connectivity index (χ2v) is 7.01. The quantitative estimate of drug-likeness (QED) is 0.572. The fraction of sp³-hybridized carbons (Fsp3) is 0.350. The Balaban J connectivity index is 1.89. The van der Waals surface area contributed by atoms with Crippen LogP contribution in [0.15, 0.2) is 30.3 Å². The normalized spacial score (nSPS) is 15.2. The third-order valence-corrected chi connectivity index (χ3v) is 4.91. The van der Waals surface area contributed by atoms with Crippen LogP contribution in [0.1, 0.15) is 37.3 Å². The van der Waals surface area contributed by atoms with Crippen LogP contribution in [0.2, 0.25) is 0 Å². The Bertz CT molecular complexity index is 937. The number of nitrogens with one attached hydrogen (secondary N) is 3. The highest BCUT2D eigenvalue weighted by Crippen LogP contribution is 2.41. The molecule has 0 spiro atoms. The number of pyridine rings is 1. The van der Waals surface area contributed by atoms with Crippen molar-refractivity contribution in [3.8, 4) is 6.07 Å². The molecule has 1 aromatic carbocycles. The summed E-state index contributed by atoms with van der Waals surface area (Å²) in [6, 6.07) is 10.3. The molecule has 28 heavy (non-hydrogen) atoms. The first-order valence-electron chi connectivity index (χ1n) is 9.09. The summed E-state index contributed by atoms with van der Waals surface area (Å²) < 4.78 is 14.5. The highest BCUT2D eigenvalue weighted by molar-refractivity contribution is 5.68. The van der Waals surface area contributed by atoms with Crippen molar-refractivity contribution in [1.82, 2.24) is 10.3 Å². The molecule has 1 aliphatic carbocycles. The number of nitrogens with zero attached hydrogens (tertiary/aromatic N) is 2. The number of hydrogen-bond donors (Lipinski definition) is 4. The molecule has 7 nitrogen and oxygen atoms in total. The van der Waals surface area contributed by atoms with Gasteiger partial charge in [0.05, 0.1) is 17.1 Å². The van der Waals surface area contributed by atoms with Crippen LogP contribution in [-0.4, -0.2) is 27.8 Å². The molecule has 0 saturated heterocycles. The summed E-state index contributed by atoms with van der Waals surface area (Å²) in [6.07, 6.45) is 0.837. The molecule has 1 heterocycles. The van der Waals surface area contributed by atoms with Crippen LogP contribution < -0.4 is 16.0 Å².